The fourth-order valence-corrected chi connectivity index (χ4v) is 5.43. The maximum absolute atomic E-state index is 12.4. The van der Waals surface area contributed by atoms with Gasteiger partial charge in [-0.1, -0.05) is 12.8 Å². The van der Waals surface area contributed by atoms with Gasteiger partial charge in [0.25, 0.3) is 0 Å². The Morgan fingerprint density at radius 2 is 2.04 bits per heavy atom. The van der Waals surface area contributed by atoms with Crippen LogP contribution >= 0.6 is 0 Å². The van der Waals surface area contributed by atoms with Crippen LogP contribution in [0.2, 0.25) is 0 Å². The molecule has 0 spiro atoms. The molecule has 7 nitrogen and oxygen atoms in total. The number of ether oxygens (including phenoxy) is 1. The number of aliphatic carboxylic acids is 1. The number of carboxylic acids is 1. The smallest absolute Gasteiger partial charge is 0.311 e. The van der Waals surface area contributed by atoms with Gasteiger partial charge in [0.05, 0.1) is 18.3 Å². The zero-order valence-corrected chi connectivity index (χ0v) is 14.3. The molecule has 1 aliphatic heterocycles. The van der Waals surface area contributed by atoms with Gasteiger partial charge in [0.1, 0.15) is 0 Å². The monoisotopic (exact) mass is 347 g/mol. The molecule has 2 aliphatic rings. The summed E-state index contributed by atoms with van der Waals surface area (Å²) < 4.78 is 30.7. The fourth-order valence-electron chi connectivity index (χ4n) is 3.77. The largest absolute Gasteiger partial charge is 0.481 e. The maximum Gasteiger partial charge on any atom is 0.311 e. The highest BCUT2D eigenvalue weighted by Gasteiger charge is 2.56. The van der Waals surface area contributed by atoms with Crippen molar-refractivity contribution in [2.24, 2.45) is 11.3 Å². The van der Waals surface area contributed by atoms with Crippen LogP contribution < -0.4 is 0 Å². The Bertz CT molecular complexity index is 560. The fraction of sp³-hybridized carbons (Fsp3) is 0.867. The second-order valence-corrected chi connectivity index (χ2v) is 8.63. The number of nitrogens with zero attached hydrogens (tertiary/aromatic N) is 1. The van der Waals surface area contributed by atoms with Crippen LogP contribution in [-0.2, 0) is 24.3 Å². The highest BCUT2D eigenvalue weighted by molar-refractivity contribution is 7.89. The number of esters is 1. The number of hydrogen-bond acceptors (Lipinski definition) is 5. The maximum atomic E-state index is 12.4. The Morgan fingerprint density at radius 1 is 1.30 bits per heavy atom. The zero-order valence-electron chi connectivity index (χ0n) is 13.5. The van der Waals surface area contributed by atoms with Crippen molar-refractivity contribution in [2.75, 3.05) is 26.0 Å². The molecule has 0 aromatic carbocycles. The van der Waals surface area contributed by atoms with Crippen molar-refractivity contribution in [1.29, 1.82) is 0 Å². The minimum atomic E-state index is -3.43. The van der Waals surface area contributed by atoms with Crippen molar-refractivity contribution >= 4 is 22.0 Å². The van der Waals surface area contributed by atoms with Gasteiger partial charge in [-0.15, -0.1) is 0 Å². The van der Waals surface area contributed by atoms with Gasteiger partial charge in [-0.25, -0.2) is 12.7 Å². The molecule has 0 unspecified atom stereocenters. The molecule has 0 amide bonds. The van der Waals surface area contributed by atoms with Crippen LogP contribution in [0.3, 0.4) is 0 Å². The molecule has 0 radical (unpaired) electrons. The lowest BCUT2D eigenvalue weighted by molar-refractivity contribution is -0.149. The summed E-state index contributed by atoms with van der Waals surface area (Å²) in [6.45, 7) is 0.439. The van der Waals surface area contributed by atoms with Crippen LogP contribution in [-0.4, -0.2) is 55.7 Å². The third-order valence-electron chi connectivity index (χ3n) is 5.17. The molecule has 0 bridgehead atoms. The lowest BCUT2D eigenvalue weighted by Gasteiger charge is -2.23. The first-order chi connectivity index (χ1) is 10.8. The van der Waals surface area contributed by atoms with Crippen LogP contribution in [0.25, 0.3) is 0 Å². The van der Waals surface area contributed by atoms with Crippen LogP contribution in [0, 0.1) is 11.3 Å². The molecule has 2 fully saturated rings. The van der Waals surface area contributed by atoms with E-state index in [0.29, 0.717) is 38.6 Å². The van der Waals surface area contributed by atoms with Crippen LogP contribution in [0.1, 0.15) is 44.9 Å². The summed E-state index contributed by atoms with van der Waals surface area (Å²) in [5.41, 5.74) is -0.877. The van der Waals surface area contributed by atoms with E-state index in [-0.39, 0.29) is 24.2 Å². The van der Waals surface area contributed by atoms with Gasteiger partial charge < -0.3 is 9.84 Å². The van der Waals surface area contributed by atoms with Gasteiger partial charge in [-0.05, 0) is 31.6 Å². The first kappa shape index (κ1) is 18.2. The Kier molecular flexibility index (Phi) is 5.67. The Balaban J connectivity index is 1.84. The third kappa shape index (κ3) is 3.85. The quantitative estimate of drug-likeness (QED) is 0.523. The summed E-state index contributed by atoms with van der Waals surface area (Å²) in [5, 5.41) is 9.51. The summed E-state index contributed by atoms with van der Waals surface area (Å²) in [7, 11) is -2.10. The molecule has 1 saturated heterocycles. The van der Waals surface area contributed by atoms with E-state index in [1.54, 1.807) is 0 Å². The second-order valence-electron chi connectivity index (χ2n) is 6.55. The van der Waals surface area contributed by atoms with E-state index in [2.05, 4.69) is 4.74 Å². The summed E-state index contributed by atoms with van der Waals surface area (Å²) >= 11 is 0. The van der Waals surface area contributed by atoms with Gasteiger partial charge in [0, 0.05) is 19.5 Å². The predicted molar refractivity (Wildman–Crippen MR) is 83.3 cm³/mol. The number of sulfonamides is 1. The topological polar surface area (TPSA) is 101 Å². The van der Waals surface area contributed by atoms with Crippen molar-refractivity contribution in [3.8, 4) is 0 Å². The van der Waals surface area contributed by atoms with Crippen molar-refractivity contribution in [3.05, 3.63) is 0 Å². The number of methoxy groups -OCH3 is 1. The van der Waals surface area contributed by atoms with Gasteiger partial charge in [0.2, 0.25) is 10.0 Å². The van der Waals surface area contributed by atoms with Crippen LogP contribution in [0.15, 0.2) is 0 Å². The van der Waals surface area contributed by atoms with E-state index in [4.69, 9.17) is 0 Å². The second kappa shape index (κ2) is 7.17. The predicted octanol–water partition coefficient (Wildman–Crippen LogP) is 1.24. The number of unbranched alkanes of at least 4 members (excludes halogenated alkanes) is 2. The SMILES string of the molecule is COC(=O)CCCCCS(=O)(=O)N1C[C@@H]2CCC[C@@]2(C(=O)O)C1. The third-order valence-corrected chi connectivity index (χ3v) is 7.04. The molecule has 2 atom stereocenters. The molecule has 2 rings (SSSR count). The Hall–Kier alpha value is -1.15. The lowest BCUT2D eigenvalue weighted by Crippen LogP contribution is -2.37. The van der Waals surface area contributed by atoms with Crippen molar-refractivity contribution in [1.82, 2.24) is 4.31 Å². The molecule has 0 aromatic heterocycles. The molecule has 1 N–H and O–H groups in total. The van der Waals surface area contributed by atoms with E-state index in [1.165, 1.54) is 11.4 Å². The van der Waals surface area contributed by atoms with E-state index >= 15 is 0 Å². The van der Waals surface area contributed by atoms with Crippen LogP contribution in [0.5, 0.6) is 0 Å². The molecule has 1 heterocycles. The average molecular weight is 347 g/mol. The average Bonchev–Trinajstić information content (AvgIpc) is 3.04. The number of rotatable bonds is 8. The minimum Gasteiger partial charge on any atom is -0.481 e. The minimum absolute atomic E-state index is 0.0105. The molecule has 1 saturated carbocycles. The highest BCUT2D eigenvalue weighted by atomic mass is 32.2. The standard InChI is InChI=1S/C15H25NO6S/c1-22-13(17)7-3-2-4-9-23(20,21)16-10-12-6-5-8-15(12,11-16)14(18)19/h12H,2-11H2,1H3,(H,18,19)/t12-,15+/m0/s1. The van der Waals surface area contributed by atoms with Gasteiger partial charge in [0.15, 0.2) is 0 Å². The van der Waals surface area contributed by atoms with Gasteiger partial charge in [-0.2, -0.15) is 0 Å². The summed E-state index contributed by atoms with van der Waals surface area (Å²) in [6.07, 6.45) is 4.22. The summed E-state index contributed by atoms with van der Waals surface area (Å²) in [5.74, 6) is -1.20. The zero-order chi connectivity index (χ0) is 17.1. The van der Waals surface area contributed by atoms with E-state index < -0.39 is 21.4 Å². The van der Waals surface area contributed by atoms with Gasteiger partial charge >= 0.3 is 11.9 Å². The Labute approximate surface area is 137 Å². The summed E-state index contributed by atoms with van der Waals surface area (Å²) in [4.78, 5) is 22.6. The first-order valence-electron chi connectivity index (χ1n) is 8.10. The van der Waals surface area contributed by atoms with Crippen LogP contribution in [0.4, 0.5) is 0 Å². The van der Waals surface area contributed by atoms with Gasteiger partial charge in [-0.3, -0.25) is 9.59 Å². The van der Waals surface area contributed by atoms with Crippen molar-refractivity contribution in [3.63, 3.8) is 0 Å². The number of carbonyl (C=O) groups is 2. The molecular weight excluding hydrogens is 322 g/mol. The molecule has 1 aliphatic carbocycles. The van der Waals surface area contributed by atoms with Crippen molar-refractivity contribution < 1.29 is 27.9 Å². The Morgan fingerprint density at radius 3 is 2.65 bits per heavy atom. The first-order valence-corrected chi connectivity index (χ1v) is 9.71. The lowest BCUT2D eigenvalue weighted by atomic mass is 9.81. The molecule has 23 heavy (non-hydrogen) atoms. The molecule has 8 heteroatoms. The number of fused-ring (bicyclic) bond motifs is 1. The normalized spacial score (nSPS) is 27.8. The number of hydrogen-bond donors (Lipinski definition) is 1. The van der Waals surface area contributed by atoms with E-state index in [9.17, 15) is 23.1 Å². The van der Waals surface area contributed by atoms with Crippen molar-refractivity contribution in [2.45, 2.75) is 44.9 Å². The van der Waals surface area contributed by atoms with E-state index in [0.717, 1.165) is 12.8 Å². The molecular formula is C15H25NO6S. The highest BCUT2D eigenvalue weighted by Crippen LogP contribution is 2.49. The molecule has 0 aromatic rings. The summed E-state index contributed by atoms with van der Waals surface area (Å²) in [6, 6.07) is 0. The number of carbonyl (C=O) groups excluding carboxylic acids is 1. The van der Waals surface area contributed by atoms with E-state index in [1.807, 2.05) is 0 Å². The number of carboxylic acid groups (broad SMARTS) is 1. The molecule has 132 valence electrons.